The number of amides is 1. The number of allylic oxidation sites excluding steroid dienone is 1. The summed E-state index contributed by atoms with van der Waals surface area (Å²) in [7, 11) is 0. The molecule has 230 valence electrons. The Morgan fingerprint density at radius 2 is 1.81 bits per heavy atom. The quantitative estimate of drug-likeness (QED) is 0.123. The van der Waals surface area contributed by atoms with Crippen LogP contribution in [-0.4, -0.2) is 33.8 Å². The Hall–Kier alpha value is -4.42. The van der Waals surface area contributed by atoms with E-state index in [1.54, 1.807) is 13.8 Å². The third kappa shape index (κ3) is 8.55. The summed E-state index contributed by atoms with van der Waals surface area (Å²) in [5.41, 5.74) is 5.43. The minimum atomic E-state index is -4.71. The number of aromatic nitrogens is 2. The van der Waals surface area contributed by atoms with Crippen LogP contribution >= 0.6 is 0 Å². The normalized spacial score (nSPS) is 14.0. The van der Waals surface area contributed by atoms with Gasteiger partial charge < -0.3 is 11.1 Å². The predicted molar refractivity (Wildman–Crippen MR) is 152 cm³/mol. The lowest BCUT2D eigenvalue weighted by atomic mass is 9.95. The summed E-state index contributed by atoms with van der Waals surface area (Å²) in [5, 5.41) is 14.1. The fraction of sp³-hybridized carbons (Fsp3) is 0.333. The Labute approximate surface area is 245 Å². The highest BCUT2D eigenvalue weighted by Crippen LogP contribution is 2.30. The molecule has 0 aliphatic carbocycles. The number of nitrogens with one attached hydrogen (secondary N) is 2. The zero-order valence-electron chi connectivity index (χ0n) is 23.8. The Balaban J connectivity index is 2.13. The Kier molecular flexibility index (Phi) is 10.9. The fourth-order valence-corrected chi connectivity index (χ4v) is 4.59. The second-order valence-corrected chi connectivity index (χ2v) is 9.89. The van der Waals surface area contributed by atoms with Gasteiger partial charge in [-0.3, -0.25) is 19.9 Å². The molecule has 0 radical (unpaired) electrons. The molecule has 0 bridgehead atoms. The molecule has 0 aliphatic heterocycles. The number of aliphatic imine (C=N–C) groups is 1. The SMILES string of the molecule is CC=N/C(=C(\C)c1ccc(F)c(C(=N)N)c1)[C@H](Cc1cc(F)cc(F)c1)NC(=O)C(CCCC)n1ccc(C(F)(F)F)n1. The zero-order valence-corrected chi connectivity index (χ0v) is 23.8. The number of halogens is 6. The Bertz CT molecular complexity index is 1510. The van der Waals surface area contributed by atoms with Crippen molar-refractivity contribution in [1.82, 2.24) is 15.1 Å². The second-order valence-electron chi connectivity index (χ2n) is 9.89. The van der Waals surface area contributed by atoms with Crippen molar-refractivity contribution in [3.05, 3.63) is 94.2 Å². The molecule has 0 aliphatic rings. The van der Waals surface area contributed by atoms with E-state index >= 15 is 0 Å². The summed E-state index contributed by atoms with van der Waals surface area (Å²) in [6.07, 6.45) is -1.05. The van der Waals surface area contributed by atoms with Crippen LogP contribution in [-0.2, 0) is 17.4 Å². The Morgan fingerprint density at radius 3 is 2.37 bits per heavy atom. The average molecular weight is 607 g/mol. The summed E-state index contributed by atoms with van der Waals surface area (Å²) in [6.45, 7) is 5.09. The van der Waals surface area contributed by atoms with Crippen molar-refractivity contribution < 1.29 is 31.1 Å². The molecule has 7 nitrogen and oxygen atoms in total. The van der Waals surface area contributed by atoms with Crippen molar-refractivity contribution in [2.75, 3.05) is 0 Å². The van der Waals surface area contributed by atoms with Gasteiger partial charge in [0.15, 0.2) is 5.69 Å². The molecule has 0 saturated heterocycles. The van der Waals surface area contributed by atoms with Gasteiger partial charge in [-0.2, -0.15) is 18.3 Å². The number of unbranched alkanes of at least 4 members (excludes halogenated alkanes) is 1. The number of nitrogen functional groups attached to an aromatic ring is 1. The van der Waals surface area contributed by atoms with Gasteiger partial charge in [0.05, 0.1) is 17.3 Å². The van der Waals surface area contributed by atoms with Gasteiger partial charge in [-0.1, -0.05) is 25.8 Å². The van der Waals surface area contributed by atoms with Crippen molar-refractivity contribution in [2.45, 2.75) is 64.7 Å². The standard InChI is InChI=1S/C30H32F6N6O/c1-4-6-7-25(42-11-10-26(41-42)30(34,35)36)29(43)40-24(14-18-12-20(31)16-21(32)13-18)27(39-5-2)17(3)19-8-9-23(33)22(15-19)28(37)38/h5,8-13,15-16,24-25H,4,6-7,14H2,1-3H3,(H3,37,38)(H,40,43)/b27-17+,39-5?/t24-,25?/m0/s1. The van der Waals surface area contributed by atoms with Gasteiger partial charge in [0.25, 0.3) is 0 Å². The molecule has 1 heterocycles. The summed E-state index contributed by atoms with van der Waals surface area (Å²) >= 11 is 0. The van der Waals surface area contributed by atoms with Crippen LogP contribution in [0.5, 0.6) is 0 Å². The molecule has 2 aromatic carbocycles. The lowest BCUT2D eigenvalue weighted by Crippen LogP contribution is -2.42. The maximum atomic E-state index is 14.3. The third-order valence-corrected chi connectivity index (χ3v) is 6.70. The van der Waals surface area contributed by atoms with Crippen LogP contribution in [0, 0.1) is 22.9 Å². The van der Waals surface area contributed by atoms with Crippen LogP contribution < -0.4 is 11.1 Å². The first kappa shape index (κ1) is 33.1. The number of alkyl halides is 3. The van der Waals surface area contributed by atoms with Gasteiger partial charge in [0.1, 0.15) is 29.3 Å². The van der Waals surface area contributed by atoms with Crippen LogP contribution in [0.25, 0.3) is 5.57 Å². The van der Waals surface area contributed by atoms with E-state index in [4.69, 9.17) is 11.1 Å². The highest BCUT2D eigenvalue weighted by molar-refractivity contribution is 5.96. The third-order valence-electron chi connectivity index (χ3n) is 6.70. The first-order chi connectivity index (χ1) is 20.2. The number of hydrogen-bond acceptors (Lipinski definition) is 4. The molecule has 1 amide bonds. The van der Waals surface area contributed by atoms with Crippen LogP contribution in [0.15, 0.2) is 59.4 Å². The minimum absolute atomic E-state index is 0.154. The topological polar surface area (TPSA) is 109 Å². The molecule has 2 atom stereocenters. The number of hydrogen-bond donors (Lipinski definition) is 3. The maximum absolute atomic E-state index is 14.3. The van der Waals surface area contributed by atoms with E-state index in [1.807, 2.05) is 6.92 Å². The van der Waals surface area contributed by atoms with E-state index < -0.39 is 53.1 Å². The minimum Gasteiger partial charge on any atom is -0.384 e. The van der Waals surface area contributed by atoms with Gasteiger partial charge in [0.2, 0.25) is 5.91 Å². The molecule has 0 fully saturated rings. The average Bonchev–Trinajstić information content (AvgIpc) is 3.41. The lowest BCUT2D eigenvalue weighted by molar-refractivity contribution is -0.142. The van der Waals surface area contributed by atoms with Crippen molar-refractivity contribution in [1.29, 1.82) is 5.41 Å². The monoisotopic (exact) mass is 606 g/mol. The number of benzene rings is 2. The van der Waals surface area contributed by atoms with Gasteiger partial charge >= 0.3 is 6.18 Å². The fourth-order valence-electron chi connectivity index (χ4n) is 4.59. The summed E-state index contributed by atoms with van der Waals surface area (Å²) in [6, 6.07) is 5.36. The van der Waals surface area contributed by atoms with Crippen molar-refractivity contribution in [3.8, 4) is 0 Å². The van der Waals surface area contributed by atoms with E-state index in [9.17, 15) is 31.1 Å². The van der Waals surface area contributed by atoms with E-state index in [-0.39, 0.29) is 29.7 Å². The molecule has 0 spiro atoms. The van der Waals surface area contributed by atoms with Gasteiger partial charge in [0, 0.05) is 18.5 Å². The van der Waals surface area contributed by atoms with E-state index in [1.165, 1.54) is 18.3 Å². The van der Waals surface area contributed by atoms with Crippen LogP contribution in [0.3, 0.4) is 0 Å². The van der Waals surface area contributed by atoms with Crippen LogP contribution in [0.1, 0.15) is 68.5 Å². The largest absolute Gasteiger partial charge is 0.435 e. The number of nitrogens with zero attached hydrogens (tertiary/aromatic N) is 3. The lowest BCUT2D eigenvalue weighted by Gasteiger charge is -2.25. The smallest absolute Gasteiger partial charge is 0.384 e. The molecule has 1 aromatic heterocycles. The highest BCUT2D eigenvalue weighted by atomic mass is 19.4. The number of amidine groups is 1. The number of rotatable bonds is 12. The number of carbonyl (C=O) groups excluding carboxylic acids is 1. The first-order valence-corrected chi connectivity index (χ1v) is 13.5. The Morgan fingerprint density at radius 1 is 1.14 bits per heavy atom. The van der Waals surface area contributed by atoms with Crippen LogP contribution in [0.2, 0.25) is 0 Å². The van der Waals surface area contributed by atoms with Crippen LogP contribution in [0.4, 0.5) is 26.3 Å². The van der Waals surface area contributed by atoms with Crippen molar-refractivity contribution in [3.63, 3.8) is 0 Å². The number of carbonyl (C=O) groups is 1. The van der Waals surface area contributed by atoms with Gasteiger partial charge in [-0.25, -0.2) is 13.2 Å². The van der Waals surface area contributed by atoms with Crippen molar-refractivity contribution in [2.24, 2.45) is 10.7 Å². The summed E-state index contributed by atoms with van der Waals surface area (Å²) < 4.78 is 83.3. The number of nitrogens with two attached hydrogens (primary N) is 1. The maximum Gasteiger partial charge on any atom is 0.435 e. The molecule has 3 aromatic rings. The molecule has 0 saturated carbocycles. The van der Waals surface area contributed by atoms with E-state index in [0.717, 1.165) is 35.1 Å². The summed E-state index contributed by atoms with van der Waals surface area (Å²) in [4.78, 5) is 18.2. The highest BCUT2D eigenvalue weighted by Gasteiger charge is 2.35. The molecule has 4 N–H and O–H groups in total. The van der Waals surface area contributed by atoms with E-state index in [2.05, 4.69) is 15.4 Å². The molecule has 43 heavy (non-hydrogen) atoms. The molecular weight excluding hydrogens is 574 g/mol. The molecule has 13 heteroatoms. The van der Waals surface area contributed by atoms with Crippen molar-refractivity contribution >= 4 is 23.5 Å². The first-order valence-electron chi connectivity index (χ1n) is 13.5. The molecule has 1 unspecified atom stereocenters. The van der Waals surface area contributed by atoms with E-state index in [0.29, 0.717) is 30.0 Å². The van der Waals surface area contributed by atoms with Gasteiger partial charge in [-0.05, 0) is 73.7 Å². The molecule has 3 rings (SSSR count). The predicted octanol–water partition coefficient (Wildman–Crippen LogP) is 6.58. The zero-order chi connectivity index (χ0) is 31.9. The molecular formula is C30H32F6N6O. The summed E-state index contributed by atoms with van der Waals surface area (Å²) in [5.74, 6) is -3.61. The second kappa shape index (κ2) is 14.2. The van der Waals surface area contributed by atoms with Gasteiger partial charge in [-0.15, -0.1) is 0 Å².